The van der Waals surface area contributed by atoms with Crippen LogP contribution in [0.1, 0.15) is 5.69 Å². The summed E-state index contributed by atoms with van der Waals surface area (Å²) < 4.78 is 0. The van der Waals surface area contributed by atoms with E-state index in [1.807, 2.05) is 24.6 Å². The summed E-state index contributed by atoms with van der Waals surface area (Å²) in [5, 5.41) is 10.6. The van der Waals surface area contributed by atoms with Gasteiger partial charge in [0, 0.05) is 16.3 Å². The Kier molecular flexibility index (Phi) is 5.63. The molecule has 0 spiro atoms. The molecular formula is C17H17ClN3OS2+. The lowest BCUT2D eigenvalue weighted by Crippen LogP contribution is -3.08. The Balaban J connectivity index is 1.55. The van der Waals surface area contributed by atoms with Gasteiger partial charge in [-0.25, -0.2) is 4.98 Å². The van der Waals surface area contributed by atoms with E-state index < -0.39 is 0 Å². The molecule has 7 heteroatoms. The van der Waals surface area contributed by atoms with Crippen LogP contribution in [0.25, 0.3) is 10.6 Å². The molecule has 0 bridgehead atoms. The van der Waals surface area contributed by atoms with Crippen molar-refractivity contribution in [2.75, 3.05) is 18.9 Å². The molecule has 4 nitrogen and oxygen atoms in total. The fourth-order valence-electron chi connectivity index (χ4n) is 2.31. The number of benzene rings is 1. The highest BCUT2D eigenvalue weighted by molar-refractivity contribution is 7.14. The van der Waals surface area contributed by atoms with Gasteiger partial charge >= 0.3 is 0 Å². The molecule has 0 aliphatic rings. The van der Waals surface area contributed by atoms with Gasteiger partial charge in [0.2, 0.25) is 0 Å². The summed E-state index contributed by atoms with van der Waals surface area (Å²) in [6, 6.07) is 9.31. The highest BCUT2D eigenvalue weighted by Gasteiger charge is 2.14. The van der Waals surface area contributed by atoms with Gasteiger partial charge in [0.1, 0.15) is 17.2 Å². The molecule has 2 heterocycles. The first-order valence-corrected chi connectivity index (χ1v) is 9.64. The van der Waals surface area contributed by atoms with Crippen LogP contribution in [0.5, 0.6) is 0 Å². The number of para-hydroxylation sites is 1. The van der Waals surface area contributed by atoms with Gasteiger partial charge in [-0.2, -0.15) is 11.3 Å². The van der Waals surface area contributed by atoms with Gasteiger partial charge in [-0.15, -0.1) is 11.3 Å². The first kappa shape index (κ1) is 17.1. The molecule has 1 amide bonds. The zero-order valence-corrected chi connectivity index (χ0v) is 15.5. The maximum Gasteiger partial charge on any atom is 0.279 e. The van der Waals surface area contributed by atoms with Crippen molar-refractivity contribution < 1.29 is 9.69 Å². The van der Waals surface area contributed by atoms with Crippen molar-refractivity contribution in [1.82, 2.24) is 4.98 Å². The first-order valence-electron chi connectivity index (χ1n) is 7.44. The number of halogens is 1. The summed E-state index contributed by atoms with van der Waals surface area (Å²) in [7, 11) is 1.98. The fourth-order valence-corrected chi connectivity index (χ4v) is 4.02. The number of carbonyl (C=O) groups excluding carboxylic acids is 1. The number of thiophene rings is 1. The number of nitrogens with one attached hydrogen (secondary N) is 2. The lowest BCUT2D eigenvalue weighted by molar-refractivity contribution is -0.885. The van der Waals surface area contributed by atoms with Gasteiger partial charge in [0.25, 0.3) is 5.91 Å². The van der Waals surface area contributed by atoms with Crippen molar-refractivity contribution in [3.8, 4) is 10.6 Å². The summed E-state index contributed by atoms with van der Waals surface area (Å²) in [4.78, 5) is 17.9. The molecule has 3 aromatic rings. The van der Waals surface area contributed by atoms with Crippen LogP contribution in [0, 0.1) is 0 Å². The second kappa shape index (κ2) is 7.90. The van der Waals surface area contributed by atoms with E-state index in [1.54, 1.807) is 34.8 Å². The minimum absolute atomic E-state index is 0.0612. The number of likely N-dealkylation sites (N-methyl/N-ethyl adjacent to an activating group) is 1. The number of nitrogens with zero attached hydrogens (tertiary/aromatic N) is 1. The Labute approximate surface area is 153 Å². The van der Waals surface area contributed by atoms with E-state index in [1.165, 1.54) is 0 Å². The molecule has 1 unspecified atom stereocenters. The normalized spacial score (nSPS) is 12.1. The summed E-state index contributed by atoms with van der Waals surface area (Å²) in [5.74, 6) is -0.0612. The van der Waals surface area contributed by atoms with E-state index in [-0.39, 0.29) is 5.91 Å². The number of thiazole rings is 1. The number of quaternary nitrogens is 1. The van der Waals surface area contributed by atoms with Gasteiger partial charge in [0.05, 0.1) is 17.8 Å². The van der Waals surface area contributed by atoms with E-state index in [0.717, 1.165) is 21.2 Å². The van der Waals surface area contributed by atoms with E-state index >= 15 is 0 Å². The van der Waals surface area contributed by atoms with Crippen LogP contribution in [0.15, 0.2) is 46.5 Å². The van der Waals surface area contributed by atoms with E-state index in [4.69, 9.17) is 11.6 Å². The molecule has 0 saturated carbocycles. The summed E-state index contributed by atoms with van der Waals surface area (Å²) >= 11 is 9.36. The monoisotopic (exact) mass is 378 g/mol. The van der Waals surface area contributed by atoms with Crippen molar-refractivity contribution in [2.24, 2.45) is 0 Å². The highest BCUT2D eigenvalue weighted by atomic mass is 35.5. The number of hydrogen-bond donors (Lipinski definition) is 2. The van der Waals surface area contributed by atoms with Gasteiger partial charge in [0.15, 0.2) is 6.54 Å². The minimum atomic E-state index is -0.0612. The quantitative estimate of drug-likeness (QED) is 0.692. The molecule has 2 N–H and O–H groups in total. The molecule has 24 heavy (non-hydrogen) atoms. The van der Waals surface area contributed by atoms with E-state index in [0.29, 0.717) is 23.8 Å². The van der Waals surface area contributed by atoms with Crippen molar-refractivity contribution in [1.29, 1.82) is 0 Å². The van der Waals surface area contributed by atoms with Crippen molar-refractivity contribution in [3.63, 3.8) is 0 Å². The Bertz CT molecular complexity index is 817. The molecule has 1 atom stereocenters. The summed E-state index contributed by atoms with van der Waals surface area (Å²) in [5.41, 5.74) is 2.81. The van der Waals surface area contributed by atoms with Gasteiger partial charge in [-0.1, -0.05) is 23.7 Å². The molecule has 1 aromatic carbocycles. The second-order valence-electron chi connectivity index (χ2n) is 5.49. The lowest BCUT2D eigenvalue weighted by Gasteiger charge is -2.13. The van der Waals surface area contributed by atoms with Crippen LogP contribution in [0.2, 0.25) is 5.02 Å². The van der Waals surface area contributed by atoms with Crippen molar-refractivity contribution in [3.05, 3.63) is 57.2 Å². The zero-order valence-electron chi connectivity index (χ0n) is 13.1. The molecule has 0 aliphatic carbocycles. The number of amides is 1. The third-order valence-corrected chi connectivity index (χ3v) is 5.37. The van der Waals surface area contributed by atoms with E-state index in [9.17, 15) is 4.79 Å². The Morgan fingerprint density at radius 2 is 2.12 bits per heavy atom. The van der Waals surface area contributed by atoms with Crippen molar-refractivity contribution in [2.45, 2.75) is 6.54 Å². The van der Waals surface area contributed by atoms with Crippen LogP contribution in [-0.2, 0) is 11.3 Å². The van der Waals surface area contributed by atoms with Gasteiger partial charge in [-0.3, -0.25) is 4.79 Å². The standard InChI is InChI=1S/C17H16ClN3OS2/c1-21(9-16(22)20-15-5-3-2-4-14(15)18)8-13-11-24-17(19-13)12-6-7-23-10-12/h2-7,10-11H,8-9H2,1H3,(H,20,22)/p+1. The molecule has 2 aromatic heterocycles. The third-order valence-electron chi connectivity index (χ3n) is 3.41. The smallest absolute Gasteiger partial charge is 0.279 e. The highest BCUT2D eigenvalue weighted by Crippen LogP contribution is 2.25. The lowest BCUT2D eigenvalue weighted by atomic mass is 10.3. The van der Waals surface area contributed by atoms with Crippen molar-refractivity contribution >= 4 is 45.9 Å². The fraction of sp³-hybridized carbons (Fsp3) is 0.176. The number of anilines is 1. The SMILES string of the molecule is C[NH+](CC(=O)Nc1ccccc1Cl)Cc1csc(-c2ccsc2)n1. The maximum absolute atomic E-state index is 12.2. The molecule has 0 radical (unpaired) electrons. The van der Waals surface area contributed by atoms with Gasteiger partial charge < -0.3 is 10.2 Å². The molecule has 3 rings (SSSR count). The van der Waals surface area contributed by atoms with Crippen LogP contribution in [0.4, 0.5) is 5.69 Å². The number of hydrogen-bond acceptors (Lipinski definition) is 4. The molecule has 124 valence electrons. The average molecular weight is 379 g/mol. The topological polar surface area (TPSA) is 46.4 Å². The number of aromatic nitrogens is 1. The molecular weight excluding hydrogens is 362 g/mol. The molecule has 0 saturated heterocycles. The third kappa shape index (κ3) is 4.42. The summed E-state index contributed by atoms with van der Waals surface area (Å²) in [6.07, 6.45) is 0. The predicted molar refractivity (Wildman–Crippen MR) is 101 cm³/mol. The van der Waals surface area contributed by atoms with Crippen LogP contribution in [-0.4, -0.2) is 24.5 Å². The van der Waals surface area contributed by atoms with Crippen LogP contribution < -0.4 is 10.2 Å². The number of rotatable bonds is 6. The Morgan fingerprint density at radius 1 is 1.29 bits per heavy atom. The first-order chi connectivity index (χ1) is 11.6. The molecule has 0 aliphatic heterocycles. The minimum Gasteiger partial charge on any atom is -0.325 e. The average Bonchev–Trinajstić information content (AvgIpc) is 3.20. The Hall–Kier alpha value is -1.73. The largest absolute Gasteiger partial charge is 0.325 e. The van der Waals surface area contributed by atoms with Crippen LogP contribution >= 0.6 is 34.3 Å². The predicted octanol–water partition coefficient (Wildman–Crippen LogP) is 3.18. The van der Waals surface area contributed by atoms with Crippen LogP contribution in [0.3, 0.4) is 0 Å². The number of carbonyl (C=O) groups is 1. The molecule has 0 fully saturated rings. The van der Waals surface area contributed by atoms with E-state index in [2.05, 4.69) is 27.1 Å². The van der Waals surface area contributed by atoms with Gasteiger partial charge in [-0.05, 0) is 23.6 Å². The zero-order chi connectivity index (χ0) is 16.9. The second-order valence-corrected chi connectivity index (χ2v) is 7.54. The Morgan fingerprint density at radius 3 is 2.88 bits per heavy atom. The summed E-state index contributed by atoms with van der Waals surface area (Å²) in [6.45, 7) is 1.06. The maximum atomic E-state index is 12.2.